The molecular formula is C21H34N4O5S. The highest BCUT2D eigenvalue weighted by Crippen LogP contribution is 2.14. The quantitative estimate of drug-likeness (QED) is 0.516. The summed E-state index contributed by atoms with van der Waals surface area (Å²) in [6.07, 6.45) is -0.339. The first-order valence-corrected chi connectivity index (χ1v) is 12.2. The van der Waals surface area contributed by atoms with Crippen LogP contribution in [0.4, 0.5) is 4.79 Å². The number of sulfonamides is 1. The Morgan fingerprint density at radius 2 is 1.71 bits per heavy atom. The van der Waals surface area contributed by atoms with Gasteiger partial charge in [-0.25, -0.2) is 13.2 Å². The molecule has 1 aliphatic heterocycles. The molecule has 0 bridgehead atoms. The number of rotatable bonds is 9. The normalized spacial score (nSPS) is 20.8. The summed E-state index contributed by atoms with van der Waals surface area (Å²) in [5.74, 6) is -0.785. The number of hydrogen-bond acceptors (Lipinski definition) is 5. The smallest absolute Gasteiger partial charge is 0.315 e. The Morgan fingerprint density at radius 3 is 2.29 bits per heavy atom. The fraction of sp³-hybridized carbons (Fsp3) is 0.619. The summed E-state index contributed by atoms with van der Waals surface area (Å²) in [5, 5.41) is 8.04. The van der Waals surface area contributed by atoms with Gasteiger partial charge in [0.1, 0.15) is 6.04 Å². The van der Waals surface area contributed by atoms with Crippen LogP contribution in [0.25, 0.3) is 0 Å². The molecule has 31 heavy (non-hydrogen) atoms. The van der Waals surface area contributed by atoms with Crippen LogP contribution >= 0.6 is 0 Å². The fourth-order valence-corrected chi connectivity index (χ4v) is 4.90. The minimum Gasteiger partial charge on any atom is -0.373 e. The van der Waals surface area contributed by atoms with Gasteiger partial charge in [0.05, 0.1) is 18.0 Å². The lowest BCUT2D eigenvalue weighted by molar-refractivity contribution is -0.123. The number of nitrogens with zero attached hydrogens (tertiary/aromatic N) is 1. The van der Waals surface area contributed by atoms with Crippen molar-refractivity contribution in [1.82, 2.24) is 20.3 Å². The van der Waals surface area contributed by atoms with Gasteiger partial charge in [-0.05, 0) is 25.3 Å². The van der Waals surface area contributed by atoms with E-state index in [0.29, 0.717) is 19.6 Å². The molecule has 1 saturated heterocycles. The first-order chi connectivity index (χ1) is 14.6. The van der Waals surface area contributed by atoms with Crippen molar-refractivity contribution in [3.8, 4) is 0 Å². The molecule has 0 radical (unpaired) electrons. The van der Waals surface area contributed by atoms with Gasteiger partial charge in [-0.1, -0.05) is 44.2 Å². The minimum atomic E-state index is -3.51. The van der Waals surface area contributed by atoms with Gasteiger partial charge in [0.2, 0.25) is 15.9 Å². The van der Waals surface area contributed by atoms with E-state index >= 15 is 0 Å². The number of morpholine rings is 1. The van der Waals surface area contributed by atoms with E-state index in [1.165, 1.54) is 4.31 Å². The largest absolute Gasteiger partial charge is 0.373 e. The third-order valence-corrected chi connectivity index (χ3v) is 6.78. The molecule has 0 spiro atoms. The number of carbonyl (C=O) groups excluding carboxylic acids is 2. The average Bonchev–Trinajstić information content (AvgIpc) is 2.70. The van der Waals surface area contributed by atoms with Crippen LogP contribution in [0.1, 0.15) is 33.3 Å². The topological polar surface area (TPSA) is 117 Å². The molecule has 1 aromatic rings. The van der Waals surface area contributed by atoms with Crippen LogP contribution in [0.3, 0.4) is 0 Å². The van der Waals surface area contributed by atoms with E-state index in [2.05, 4.69) is 16.0 Å². The third-order valence-electron chi connectivity index (χ3n) is 4.97. The van der Waals surface area contributed by atoms with E-state index in [-0.39, 0.29) is 30.4 Å². The summed E-state index contributed by atoms with van der Waals surface area (Å²) >= 11 is 0. The van der Waals surface area contributed by atoms with Crippen molar-refractivity contribution in [2.45, 2.75) is 52.5 Å². The zero-order chi connectivity index (χ0) is 23.0. The number of carbonyl (C=O) groups is 2. The van der Waals surface area contributed by atoms with E-state index in [1.807, 2.05) is 58.0 Å². The van der Waals surface area contributed by atoms with Gasteiger partial charge in [-0.3, -0.25) is 4.79 Å². The molecule has 1 fully saturated rings. The lowest BCUT2D eigenvalue weighted by Crippen LogP contribution is -2.53. The summed E-state index contributed by atoms with van der Waals surface area (Å²) in [7, 11) is -3.51. The second-order valence-corrected chi connectivity index (χ2v) is 10.3. The fourth-order valence-electron chi connectivity index (χ4n) is 3.41. The zero-order valence-corrected chi connectivity index (χ0v) is 19.4. The summed E-state index contributed by atoms with van der Waals surface area (Å²) in [4.78, 5) is 24.8. The Kier molecular flexibility index (Phi) is 9.27. The van der Waals surface area contributed by atoms with Crippen molar-refractivity contribution in [2.24, 2.45) is 5.92 Å². The van der Waals surface area contributed by atoms with Crippen molar-refractivity contribution in [2.75, 3.05) is 25.4 Å². The second-order valence-electron chi connectivity index (χ2n) is 8.22. The van der Waals surface area contributed by atoms with E-state index in [0.717, 1.165) is 5.56 Å². The molecule has 3 unspecified atom stereocenters. The maximum atomic E-state index is 12.6. The van der Waals surface area contributed by atoms with Crippen molar-refractivity contribution in [3.05, 3.63) is 35.9 Å². The van der Waals surface area contributed by atoms with E-state index in [4.69, 9.17) is 4.74 Å². The molecule has 2 rings (SSSR count). The summed E-state index contributed by atoms with van der Waals surface area (Å²) in [6.45, 7) is 8.22. The molecular weight excluding hydrogens is 420 g/mol. The van der Waals surface area contributed by atoms with Gasteiger partial charge in [0, 0.05) is 26.2 Å². The summed E-state index contributed by atoms with van der Waals surface area (Å²) in [6, 6.07) is 8.20. The first-order valence-electron chi connectivity index (χ1n) is 10.6. The number of benzene rings is 1. The monoisotopic (exact) mass is 454 g/mol. The molecule has 1 aromatic carbocycles. The van der Waals surface area contributed by atoms with Crippen molar-refractivity contribution in [1.29, 1.82) is 0 Å². The van der Waals surface area contributed by atoms with Crippen LogP contribution in [0, 0.1) is 5.92 Å². The zero-order valence-electron chi connectivity index (χ0n) is 18.6. The second kappa shape index (κ2) is 11.4. The molecule has 174 valence electrons. The Bertz CT molecular complexity index is 821. The van der Waals surface area contributed by atoms with Crippen molar-refractivity contribution >= 4 is 22.0 Å². The van der Waals surface area contributed by atoms with Crippen molar-refractivity contribution in [3.63, 3.8) is 0 Å². The number of amides is 3. The van der Waals surface area contributed by atoms with E-state index in [1.54, 1.807) is 0 Å². The molecule has 1 heterocycles. The van der Waals surface area contributed by atoms with Crippen LogP contribution in [0.15, 0.2) is 30.3 Å². The molecule has 1 aliphatic rings. The molecule has 0 aromatic heterocycles. The summed E-state index contributed by atoms with van der Waals surface area (Å²) < 4.78 is 32.2. The first kappa shape index (κ1) is 25.1. The average molecular weight is 455 g/mol. The Balaban J connectivity index is 1.82. The molecule has 0 aliphatic carbocycles. The van der Waals surface area contributed by atoms with Gasteiger partial charge in [0.15, 0.2) is 0 Å². The molecule has 10 heteroatoms. The standard InChI is InChI=1S/C21H34N4O5S/c1-15(2)19(24-21(27)23-12-18-8-6-5-7-9-18)20(26)22-10-11-31(28,29)25-13-16(3)30-17(4)14-25/h5-9,15-17,19H,10-14H2,1-4H3,(H,22,26)(H2,23,24,27). The van der Waals surface area contributed by atoms with E-state index < -0.39 is 28.0 Å². The Hall–Kier alpha value is -2.17. The molecule has 3 atom stereocenters. The van der Waals surface area contributed by atoms with Gasteiger partial charge >= 0.3 is 6.03 Å². The van der Waals surface area contributed by atoms with Gasteiger partial charge < -0.3 is 20.7 Å². The number of nitrogens with one attached hydrogen (secondary N) is 3. The summed E-state index contributed by atoms with van der Waals surface area (Å²) in [5.41, 5.74) is 0.945. The lowest BCUT2D eigenvalue weighted by Gasteiger charge is -2.34. The van der Waals surface area contributed by atoms with E-state index in [9.17, 15) is 18.0 Å². The van der Waals surface area contributed by atoms with Crippen LogP contribution in [-0.2, 0) is 26.1 Å². The molecule has 3 amide bonds. The SMILES string of the molecule is CC1CN(S(=O)(=O)CCNC(=O)C(NC(=O)NCc2ccccc2)C(C)C)CC(C)O1. The molecule has 0 saturated carbocycles. The predicted molar refractivity (Wildman–Crippen MR) is 119 cm³/mol. The van der Waals surface area contributed by atoms with Crippen LogP contribution in [0.5, 0.6) is 0 Å². The highest BCUT2D eigenvalue weighted by atomic mass is 32.2. The van der Waals surface area contributed by atoms with Gasteiger partial charge in [0.25, 0.3) is 0 Å². The maximum absolute atomic E-state index is 12.6. The Labute approximate surface area is 185 Å². The Morgan fingerprint density at radius 1 is 1.10 bits per heavy atom. The van der Waals surface area contributed by atoms with Crippen LogP contribution in [-0.4, -0.2) is 68.3 Å². The van der Waals surface area contributed by atoms with Gasteiger partial charge in [-0.2, -0.15) is 4.31 Å². The van der Waals surface area contributed by atoms with Crippen LogP contribution in [0.2, 0.25) is 0 Å². The number of urea groups is 1. The lowest BCUT2D eigenvalue weighted by atomic mass is 10.0. The predicted octanol–water partition coefficient (Wildman–Crippen LogP) is 1.07. The molecule has 9 nitrogen and oxygen atoms in total. The minimum absolute atomic E-state index is 0.0299. The highest BCUT2D eigenvalue weighted by Gasteiger charge is 2.31. The number of ether oxygens (including phenoxy) is 1. The maximum Gasteiger partial charge on any atom is 0.315 e. The van der Waals surface area contributed by atoms with Crippen LogP contribution < -0.4 is 16.0 Å². The highest BCUT2D eigenvalue weighted by molar-refractivity contribution is 7.89. The number of hydrogen-bond donors (Lipinski definition) is 3. The molecule has 3 N–H and O–H groups in total. The third kappa shape index (κ3) is 8.12. The van der Waals surface area contributed by atoms with Crippen molar-refractivity contribution < 1.29 is 22.7 Å². The van der Waals surface area contributed by atoms with Gasteiger partial charge in [-0.15, -0.1) is 0 Å².